The lowest BCUT2D eigenvalue weighted by Crippen LogP contribution is -2.30. The fraction of sp³-hybridized carbons (Fsp3) is 0.385. The van der Waals surface area contributed by atoms with Gasteiger partial charge in [-0.15, -0.1) is 11.3 Å². The molecule has 0 spiro atoms. The van der Waals surface area contributed by atoms with Crippen molar-refractivity contribution in [3.8, 4) is 0 Å². The zero-order valence-corrected chi connectivity index (χ0v) is 13.4. The van der Waals surface area contributed by atoms with E-state index in [0.29, 0.717) is 4.70 Å². The molecule has 4 nitrogen and oxygen atoms in total. The molecule has 0 saturated carbocycles. The Bertz CT molecular complexity index is 795. The van der Waals surface area contributed by atoms with Gasteiger partial charge in [0.2, 0.25) is 10.0 Å². The molecule has 0 unspecified atom stereocenters. The summed E-state index contributed by atoms with van der Waals surface area (Å²) in [5, 5.41) is 9.41. The zero-order valence-electron chi connectivity index (χ0n) is 11.7. The van der Waals surface area contributed by atoms with Crippen LogP contribution in [0, 0.1) is 6.92 Å². The number of hydrogen-bond acceptors (Lipinski definition) is 4. The van der Waals surface area contributed by atoms with Crippen LogP contribution in [0.3, 0.4) is 0 Å². The first-order valence-corrected chi connectivity index (χ1v) is 8.60. The normalized spacial score (nSPS) is 14.5. The summed E-state index contributed by atoms with van der Waals surface area (Å²) < 4.78 is 65.2. The van der Waals surface area contributed by atoms with Crippen LogP contribution in [-0.2, 0) is 16.2 Å². The second kappa shape index (κ2) is 5.80. The first kappa shape index (κ1) is 17.2. The van der Waals surface area contributed by atoms with Gasteiger partial charge in [0.25, 0.3) is 0 Å². The van der Waals surface area contributed by atoms with Crippen LogP contribution in [-0.4, -0.2) is 26.2 Å². The van der Waals surface area contributed by atoms with Crippen LogP contribution in [0.15, 0.2) is 22.4 Å². The number of rotatable bonds is 4. The predicted octanol–water partition coefficient (Wildman–Crippen LogP) is 2.89. The quantitative estimate of drug-likeness (QED) is 0.888. The highest BCUT2D eigenvalue weighted by Crippen LogP contribution is 2.38. The molecule has 122 valence electrons. The van der Waals surface area contributed by atoms with Gasteiger partial charge in [-0.1, -0.05) is 0 Å². The Morgan fingerprint density at radius 3 is 2.55 bits per heavy atom. The standard InChI is InChI=1S/C13H14F3NO3S2/c1-7(18)6-17-22(19,20)12-8(2)10-5-9(13(14,15)16)3-4-11(10)21-12/h3-5,7,17-18H,6H2,1-2H3/t7-/m0/s1. The Hall–Kier alpha value is -1.16. The molecule has 2 aromatic rings. The molecular formula is C13H14F3NO3S2. The van der Waals surface area contributed by atoms with Crippen LogP contribution >= 0.6 is 11.3 Å². The summed E-state index contributed by atoms with van der Waals surface area (Å²) in [6, 6.07) is 3.15. The van der Waals surface area contributed by atoms with Gasteiger partial charge in [-0.05, 0) is 43.0 Å². The molecule has 1 heterocycles. The molecule has 1 atom stereocenters. The number of aryl methyl sites for hydroxylation is 1. The van der Waals surface area contributed by atoms with Crippen LogP contribution < -0.4 is 4.72 Å². The molecule has 0 aliphatic carbocycles. The van der Waals surface area contributed by atoms with E-state index in [1.807, 2.05) is 0 Å². The Labute approximate surface area is 129 Å². The zero-order chi connectivity index (χ0) is 16.7. The molecule has 0 amide bonds. The SMILES string of the molecule is Cc1c(S(=O)(=O)NC[C@H](C)O)sc2ccc(C(F)(F)F)cc12. The third-order valence-electron chi connectivity index (χ3n) is 3.03. The summed E-state index contributed by atoms with van der Waals surface area (Å²) >= 11 is 0.902. The molecular weight excluding hydrogens is 339 g/mol. The minimum atomic E-state index is -4.48. The Morgan fingerprint density at radius 1 is 1.36 bits per heavy atom. The molecule has 2 N–H and O–H groups in total. The van der Waals surface area contributed by atoms with E-state index in [0.717, 1.165) is 23.5 Å². The number of hydrogen-bond donors (Lipinski definition) is 2. The molecule has 0 aliphatic rings. The third kappa shape index (κ3) is 3.43. The van der Waals surface area contributed by atoms with E-state index in [9.17, 15) is 21.6 Å². The van der Waals surface area contributed by atoms with E-state index in [4.69, 9.17) is 5.11 Å². The number of sulfonamides is 1. The highest BCUT2D eigenvalue weighted by Gasteiger charge is 2.31. The summed E-state index contributed by atoms with van der Waals surface area (Å²) in [5.41, 5.74) is -0.550. The van der Waals surface area contributed by atoms with E-state index in [2.05, 4.69) is 4.72 Å². The highest BCUT2D eigenvalue weighted by atomic mass is 32.2. The lowest BCUT2D eigenvalue weighted by atomic mass is 10.1. The van der Waals surface area contributed by atoms with Crippen molar-refractivity contribution in [2.75, 3.05) is 6.54 Å². The number of nitrogens with one attached hydrogen (secondary N) is 1. The number of aliphatic hydroxyl groups is 1. The van der Waals surface area contributed by atoms with Crippen LogP contribution in [0.1, 0.15) is 18.1 Å². The monoisotopic (exact) mass is 353 g/mol. The molecule has 0 saturated heterocycles. The van der Waals surface area contributed by atoms with Crippen molar-refractivity contribution >= 4 is 31.4 Å². The molecule has 0 bridgehead atoms. The van der Waals surface area contributed by atoms with E-state index >= 15 is 0 Å². The van der Waals surface area contributed by atoms with Gasteiger partial charge in [0, 0.05) is 11.2 Å². The number of fused-ring (bicyclic) bond motifs is 1. The van der Waals surface area contributed by atoms with E-state index < -0.39 is 27.9 Å². The van der Waals surface area contributed by atoms with Crippen molar-refractivity contribution in [1.29, 1.82) is 0 Å². The largest absolute Gasteiger partial charge is 0.416 e. The maximum Gasteiger partial charge on any atom is 0.416 e. The second-order valence-electron chi connectivity index (χ2n) is 4.92. The molecule has 22 heavy (non-hydrogen) atoms. The minimum Gasteiger partial charge on any atom is -0.392 e. The summed E-state index contributed by atoms with van der Waals surface area (Å²) in [4.78, 5) is 0. The van der Waals surface area contributed by atoms with Crippen LogP contribution in [0.4, 0.5) is 13.2 Å². The Balaban J connectivity index is 2.51. The van der Waals surface area contributed by atoms with Gasteiger partial charge in [-0.3, -0.25) is 0 Å². The summed E-state index contributed by atoms with van der Waals surface area (Å²) in [6.07, 6.45) is -5.34. The molecule has 2 rings (SSSR count). The van der Waals surface area contributed by atoms with Crippen molar-refractivity contribution < 1.29 is 26.7 Å². The van der Waals surface area contributed by atoms with Crippen LogP contribution in [0.2, 0.25) is 0 Å². The number of alkyl halides is 3. The second-order valence-corrected chi connectivity index (χ2v) is 7.94. The van der Waals surface area contributed by atoms with Crippen molar-refractivity contribution in [3.63, 3.8) is 0 Å². The van der Waals surface area contributed by atoms with E-state index in [-0.39, 0.29) is 21.7 Å². The maximum absolute atomic E-state index is 12.7. The minimum absolute atomic E-state index is 0.0394. The van der Waals surface area contributed by atoms with Gasteiger partial charge in [0.05, 0.1) is 11.7 Å². The van der Waals surface area contributed by atoms with Gasteiger partial charge < -0.3 is 5.11 Å². The molecule has 1 aromatic carbocycles. The average Bonchev–Trinajstić information content (AvgIpc) is 2.73. The fourth-order valence-corrected chi connectivity index (χ4v) is 4.84. The summed E-state index contributed by atoms with van der Waals surface area (Å²) in [5.74, 6) is 0. The summed E-state index contributed by atoms with van der Waals surface area (Å²) in [7, 11) is -3.87. The predicted molar refractivity (Wildman–Crippen MR) is 78.4 cm³/mol. The van der Waals surface area contributed by atoms with Crippen LogP contribution in [0.25, 0.3) is 10.1 Å². The van der Waals surface area contributed by atoms with Crippen molar-refractivity contribution in [2.45, 2.75) is 30.3 Å². The topological polar surface area (TPSA) is 66.4 Å². The number of halogens is 3. The van der Waals surface area contributed by atoms with Crippen molar-refractivity contribution in [2.24, 2.45) is 0 Å². The van der Waals surface area contributed by atoms with Crippen molar-refractivity contribution in [3.05, 3.63) is 29.3 Å². The molecule has 1 aromatic heterocycles. The molecule has 0 radical (unpaired) electrons. The van der Waals surface area contributed by atoms with Crippen molar-refractivity contribution in [1.82, 2.24) is 4.72 Å². The fourth-order valence-electron chi connectivity index (χ4n) is 1.93. The van der Waals surface area contributed by atoms with Gasteiger partial charge in [0.15, 0.2) is 0 Å². The number of thiophene rings is 1. The van der Waals surface area contributed by atoms with Gasteiger partial charge in [0.1, 0.15) is 4.21 Å². The lowest BCUT2D eigenvalue weighted by Gasteiger charge is -2.07. The average molecular weight is 353 g/mol. The lowest BCUT2D eigenvalue weighted by molar-refractivity contribution is -0.137. The Kier molecular flexibility index (Phi) is 4.54. The van der Waals surface area contributed by atoms with Crippen LogP contribution in [0.5, 0.6) is 0 Å². The first-order valence-electron chi connectivity index (χ1n) is 6.30. The highest BCUT2D eigenvalue weighted by molar-refractivity contribution is 7.91. The number of benzene rings is 1. The Morgan fingerprint density at radius 2 is 2.00 bits per heavy atom. The van der Waals surface area contributed by atoms with Gasteiger partial charge in [-0.25, -0.2) is 13.1 Å². The number of aliphatic hydroxyl groups excluding tert-OH is 1. The molecule has 9 heteroatoms. The third-order valence-corrected chi connectivity index (χ3v) is 6.35. The maximum atomic E-state index is 12.7. The first-order chi connectivity index (χ1) is 10.0. The van der Waals surface area contributed by atoms with Gasteiger partial charge in [-0.2, -0.15) is 13.2 Å². The van der Waals surface area contributed by atoms with E-state index in [1.54, 1.807) is 0 Å². The van der Waals surface area contributed by atoms with Gasteiger partial charge >= 0.3 is 6.18 Å². The summed E-state index contributed by atoms with van der Waals surface area (Å²) in [6.45, 7) is 2.73. The molecule has 0 fully saturated rings. The molecule has 0 aliphatic heterocycles. The smallest absolute Gasteiger partial charge is 0.392 e. The van der Waals surface area contributed by atoms with E-state index in [1.165, 1.54) is 19.9 Å².